The summed E-state index contributed by atoms with van der Waals surface area (Å²) in [7, 11) is 0. The molecular formula is C20H27N3O4. The Labute approximate surface area is 159 Å². The SMILES string of the molecule is CCOC(=O)c1ccc2c(c1)ncn2C(CC(C)(C)OC(C)(C)C)N=C=O. The lowest BCUT2D eigenvalue weighted by molar-refractivity contribution is -0.120. The molecule has 0 saturated carbocycles. The van der Waals surface area contributed by atoms with E-state index >= 15 is 0 Å². The topological polar surface area (TPSA) is 82.8 Å². The van der Waals surface area contributed by atoms with Crippen LogP contribution < -0.4 is 0 Å². The Morgan fingerprint density at radius 3 is 2.59 bits per heavy atom. The van der Waals surface area contributed by atoms with E-state index in [0.29, 0.717) is 24.1 Å². The Balaban J connectivity index is 2.36. The summed E-state index contributed by atoms with van der Waals surface area (Å²) < 4.78 is 12.9. The lowest BCUT2D eigenvalue weighted by Crippen LogP contribution is -2.36. The molecule has 2 rings (SSSR count). The number of carbonyl (C=O) groups is 1. The van der Waals surface area contributed by atoms with Gasteiger partial charge in [-0.2, -0.15) is 4.99 Å². The van der Waals surface area contributed by atoms with Crippen LogP contribution in [-0.2, 0) is 14.3 Å². The summed E-state index contributed by atoms with van der Waals surface area (Å²) in [4.78, 5) is 31.2. The highest BCUT2D eigenvalue weighted by atomic mass is 16.5. The molecule has 1 atom stereocenters. The number of fused-ring (bicyclic) bond motifs is 1. The molecule has 0 bridgehead atoms. The Bertz CT molecular complexity index is 858. The van der Waals surface area contributed by atoms with Crippen LogP contribution in [0.2, 0.25) is 0 Å². The molecule has 2 aromatic rings. The van der Waals surface area contributed by atoms with Crippen molar-refractivity contribution < 1.29 is 19.1 Å². The zero-order valence-corrected chi connectivity index (χ0v) is 16.8. The van der Waals surface area contributed by atoms with Crippen molar-refractivity contribution in [2.75, 3.05) is 6.61 Å². The number of isocyanates is 1. The van der Waals surface area contributed by atoms with Crippen molar-refractivity contribution in [3.8, 4) is 0 Å². The zero-order valence-electron chi connectivity index (χ0n) is 16.8. The second-order valence-electron chi connectivity index (χ2n) is 7.96. The fourth-order valence-electron chi connectivity index (χ4n) is 3.19. The van der Waals surface area contributed by atoms with Gasteiger partial charge in [-0.25, -0.2) is 14.6 Å². The van der Waals surface area contributed by atoms with Crippen LogP contribution in [0.4, 0.5) is 0 Å². The van der Waals surface area contributed by atoms with Gasteiger partial charge in [0.2, 0.25) is 6.08 Å². The molecule has 146 valence electrons. The largest absolute Gasteiger partial charge is 0.462 e. The van der Waals surface area contributed by atoms with Crippen LogP contribution in [0.15, 0.2) is 29.5 Å². The van der Waals surface area contributed by atoms with Crippen LogP contribution in [0, 0.1) is 0 Å². The van der Waals surface area contributed by atoms with Crippen LogP contribution in [0.25, 0.3) is 11.0 Å². The molecule has 1 unspecified atom stereocenters. The van der Waals surface area contributed by atoms with E-state index in [2.05, 4.69) is 9.98 Å². The Morgan fingerprint density at radius 1 is 1.30 bits per heavy atom. The molecule has 0 aliphatic heterocycles. The maximum atomic E-state index is 11.9. The van der Waals surface area contributed by atoms with Gasteiger partial charge < -0.3 is 14.0 Å². The number of rotatable bonds is 7. The number of hydrogen-bond donors (Lipinski definition) is 0. The van der Waals surface area contributed by atoms with Gasteiger partial charge >= 0.3 is 5.97 Å². The standard InChI is InChI=1S/C20H27N3O4/c1-7-26-18(25)14-8-9-16-15(10-14)21-12-23(16)17(22-13-24)11-20(5,6)27-19(2,3)4/h8-10,12,17H,7,11H2,1-6H3. The maximum Gasteiger partial charge on any atom is 0.338 e. The quantitative estimate of drug-likeness (QED) is 0.416. The summed E-state index contributed by atoms with van der Waals surface area (Å²) in [5.41, 5.74) is 0.969. The predicted octanol–water partition coefficient (Wildman–Crippen LogP) is 4.03. The predicted molar refractivity (Wildman–Crippen MR) is 102 cm³/mol. The van der Waals surface area contributed by atoms with Crippen molar-refractivity contribution in [2.24, 2.45) is 4.99 Å². The number of ether oxygens (including phenoxy) is 2. The third-order valence-corrected chi connectivity index (χ3v) is 3.87. The molecule has 0 saturated heterocycles. The van der Waals surface area contributed by atoms with Gasteiger partial charge in [-0.1, -0.05) is 0 Å². The third kappa shape index (κ3) is 5.49. The molecule has 0 spiro atoms. The van der Waals surface area contributed by atoms with E-state index in [0.717, 1.165) is 5.52 Å². The molecule has 0 aliphatic rings. The number of hydrogen-bond acceptors (Lipinski definition) is 6. The van der Waals surface area contributed by atoms with Gasteiger partial charge in [0, 0.05) is 6.42 Å². The summed E-state index contributed by atoms with van der Waals surface area (Å²) >= 11 is 0. The van der Waals surface area contributed by atoms with Crippen molar-refractivity contribution >= 4 is 23.1 Å². The summed E-state index contributed by atoms with van der Waals surface area (Å²) in [6, 6.07) is 5.12. The van der Waals surface area contributed by atoms with Crippen molar-refractivity contribution in [1.82, 2.24) is 9.55 Å². The molecule has 1 heterocycles. The first-order valence-corrected chi connectivity index (χ1v) is 8.97. The Morgan fingerprint density at radius 2 is 2.00 bits per heavy atom. The van der Waals surface area contributed by atoms with Crippen molar-refractivity contribution in [1.29, 1.82) is 0 Å². The molecule has 7 heteroatoms. The highest BCUT2D eigenvalue weighted by Crippen LogP contribution is 2.31. The fraction of sp³-hybridized carbons (Fsp3) is 0.550. The molecule has 27 heavy (non-hydrogen) atoms. The van der Waals surface area contributed by atoms with Crippen molar-refractivity contribution in [3.05, 3.63) is 30.1 Å². The first-order chi connectivity index (χ1) is 12.6. The number of imidazole rings is 1. The van der Waals surface area contributed by atoms with E-state index in [1.54, 1.807) is 42.1 Å². The maximum absolute atomic E-state index is 11.9. The van der Waals surface area contributed by atoms with Gasteiger partial charge in [-0.15, -0.1) is 0 Å². The molecule has 0 N–H and O–H groups in total. The minimum atomic E-state index is -0.523. The third-order valence-electron chi connectivity index (χ3n) is 3.87. The molecule has 1 aromatic carbocycles. The second-order valence-corrected chi connectivity index (χ2v) is 7.96. The lowest BCUT2D eigenvalue weighted by atomic mass is 10.0. The molecule has 1 aromatic heterocycles. The Kier molecular flexibility index (Phi) is 6.19. The van der Waals surface area contributed by atoms with E-state index in [9.17, 15) is 9.59 Å². The summed E-state index contributed by atoms with van der Waals surface area (Å²) in [6.45, 7) is 11.9. The van der Waals surface area contributed by atoms with Crippen LogP contribution >= 0.6 is 0 Å². The van der Waals surface area contributed by atoms with Crippen LogP contribution in [-0.4, -0.2) is 39.4 Å². The number of carbonyl (C=O) groups excluding carboxylic acids is 2. The highest BCUT2D eigenvalue weighted by Gasteiger charge is 2.30. The van der Waals surface area contributed by atoms with Gasteiger partial charge in [0.15, 0.2) is 0 Å². The average molecular weight is 373 g/mol. The number of aliphatic imine (C=N–C) groups is 1. The van der Waals surface area contributed by atoms with Crippen LogP contribution in [0.3, 0.4) is 0 Å². The first-order valence-electron chi connectivity index (χ1n) is 8.97. The normalized spacial score (nSPS) is 13.3. The summed E-state index contributed by atoms with van der Waals surface area (Å²) in [5.74, 6) is -0.392. The summed E-state index contributed by atoms with van der Waals surface area (Å²) in [6.07, 6.45) is 3.21. The van der Waals surface area contributed by atoms with Gasteiger partial charge in [-0.05, 0) is 59.7 Å². The van der Waals surface area contributed by atoms with E-state index in [1.807, 2.05) is 34.6 Å². The van der Waals surface area contributed by atoms with E-state index in [1.165, 1.54) is 0 Å². The zero-order chi connectivity index (χ0) is 20.2. The molecule has 0 aliphatic carbocycles. The van der Waals surface area contributed by atoms with Gasteiger partial charge in [0.1, 0.15) is 6.17 Å². The lowest BCUT2D eigenvalue weighted by Gasteiger charge is -2.35. The minimum absolute atomic E-state index is 0.310. The number of benzene rings is 1. The summed E-state index contributed by atoms with van der Waals surface area (Å²) in [5, 5.41) is 0. The van der Waals surface area contributed by atoms with Gasteiger partial charge in [0.05, 0.1) is 40.7 Å². The number of esters is 1. The van der Waals surface area contributed by atoms with Gasteiger partial charge in [-0.3, -0.25) is 0 Å². The molecule has 0 fully saturated rings. The first kappa shape index (κ1) is 20.8. The van der Waals surface area contributed by atoms with Crippen molar-refractivity contribution in [3.63, 3.8) is 0 Å². The average Bonchev–Trinajstić information content (AvgIpc) is 2.95. The van der Waals surface area contributed by atoms with E-state index in [4.69, 9.17) is 9.47 Å². The minimum Gasteiger partial charge on any atom is -0.462 e. The van der Waals surface area contributed by atoms with Crippen LogP contribution in [0.5, 0.6) is 0 Å². The number of aromatic nitrogens is 2. The fourth-order valence-corrected chi connectivity index (χ4v) is 3.19. The second kappa shape index (κ2) is 8.03. The smallest absolute Gasteiger partial charge is 0.338 e. The number of nitrogens with zero attached hydrogens (tertiary/aromatic N) is 3. The molecule has 7 nitrogen and oxygen atoms in total. The molecular weight excluding hydrogens is 346 g/mol. The molecule has 0 radical (unpaired) electrons. The monoisotopic (exact) mass is 373 g/mol. The van der Waals surface area contributed by atoms with Crippen molar-refractivity contribution in [2.45, 2.75) is 65.3 Å². The highest BCUT2D eigenvalue weighted by molar-refractivity contribution is 5.93. The van der Waals surface area contributed by atoms with E-state index < -0.39 is 17.7 Å². The Hall–Kier alpha value is -2.50. The van der Waals surface area contributed by atoms with E-state index in [-0.39, 0.29) is 5.60 Å². The van der Waals surface area contributed by atoms with Gasteiger partial charge in [0.25, 0.3) is 0 Å². The van der Waals surface area contributed by atoms with Crippen LogP contribution in [0.1, 0.15) is 64.5 Å². The molecule has 0 amide bonds.